The predicted molar refractivity (Wildman–Crippen MR) is 59.7 cm³/mol. The Balaban J connectivity index is 2.36. The summed E-state index contributed by atoms with van der Waals surface area (Å²) in [6.07, 6.45) is 5.58. The van der Waals surface area contributed by atoms with E-state index in [-0.39, 0.29) is 5.92 Å². The molecule has 2 heteroatoms. The standard InChI is InChI=1S/C12H23NO/c1-5-10-8-11(10,3)7-6-9(2)12(4,13)14/h5,9,14H,6-8,13H2,1-4H3/b10-5-/t9-,11-,12?/m1/s1. The van der Waals surface area contributed by atoms with Crippen molar-refractivity contribution in [1.29, 1.82) is 0 Å². The van der Waals surface area contributed by atoms with E-state index in [2.05, 4.69) is 19.9 Å². The van der Waals surface area contributed by atoms with Crippen molar-refractivity contribution in [3.63, 3.8) is 0 Å². The maximum Gasteiger partial charge on any atom is 0.113 e. The topological polar surface area (TPSA) is 46.2 Å². The zero-order chi connectivity index (χ0) is 11.0. The average Bonchev–Trinajstić information content (AvgIpc) is 2.72. The number of aliphatic hydroxyl groups is 1. The Labute approximate surface area is 87.2 Å². The van der Waals surface area contributed by atoms with Crippen LogP contribution in [0.25, 0.3) is 0 Å². The highest BCUT2D eigenvalue weighted by Gasteiger charge is 2.43. The molecule has 1 saturated carbocycles. The van der Waals surface area contributed by atoms with E-state index in [1.807, 2.05) is 6.92 Å². The maximum atomic E-state index is 9.59. The smallest absolute Gasteiger partial charge is 0.113 e. The SMILES string of the molecule is C/C=C1/C[C@@]1(C)CC[C@@H](C)C(C)(N)O. The van der Waals surface area contributed by atoms with Gasteiger partial charge in [0.05, 0.1) is 0 Å². The molecule has 1 rings (SSSR count). The Morgan fingerprint density at radius 2 is 2.29 bits per heavy atom. The molecule has 0 spiro atoms. The molecule has 3 N–H and O–H groups in total. The second-order valence-electron chi connectivity index (χ2n) is 5.22. The molecule has 0 amide bonds. The van der Waals surface area contributed by atoms with Crippen LogP contribution in [0.5, 0.6) is 0 Å². The van der Waals surface area contributed by atoms with Crippen molar-refractivity contribution >= 4 is 0 Å². The van der Waals surface area contributed by atoms with Gasteiger partial charge in [0.2, 0.25) is 0 Å². The van der Waals surface area contributed by atoms with Crippen molar-refractivity contribution < 1.29 is 5.11 Å². The molecule has 1 unspecified atom stereocenters. The summed E-state index contributed by atoms with van der Waals surface area (Å²) in [4.78, 5) is 0. The van der Waals surface area contributed by atoms with Crippen molar-refractivity contribution in [2.24, 2.45) is 17.1 Å². The van der Waals surface area contributed by atoms with Gasteiger partial charge < -0.3 is 10.8 Å². The van der Waals surface area contributed by atoms with Crippen LogP contribution in [-0.2, 0) is 0 Å². The highest BCUT2D eigenvalue weighted by molar-refractivity contribution is 5.30. The lowest BCUT2D eigenvalue weighted by atomic mass is 9.89. The number of hydrogen-bond acceptors (Lipinski definition) is 2. The molecule has 0 aliphatic heterocycles. The molecule has 0 bridgehead atoms. The van der Waals surface area contributed by atoms with E-state index in [0.717, 1.165) is 12.8 Å². The minimum absolute atomic E-state index is 0.165. The second kappa shape index (κ2) is 3.67. The predicted octanol–water partition coefficient (Wildman–Crippen LogP) is 2.43. The molecule has 0 radical (unpaired) electrons. The van der Waals surface area contributed by atoms with Gasteiger partial charge in [0.25, 0.3) is 0 Å². The second-order valence-corrected chi connectivity index (χ2v) is 5.22. The molecule has 2 nitrogen and oxygen atoms in total. The first-order chi connectivity index (χ1) is 6.29. The summed E-state index contributed by atoms with van der Waals surface area (Å²) in [5, 5.41) is 9.59. The van der Waals surface area contributed by atoms with E-state index < -0.39 is 5.72 Å². The van der Waals surface area contributed by atoms with Gasteiger partial charge in [-0.25, -0.2) is 0 Å². The quantitative estimate of drug-likeness (QED) is 0.537. The van der Waals surface area contributed by atoms with Gasteiger partial charge in [-0.05, 0) is 44.4 Å². The molecular formula is C12H23NO. The van der Waals surface area contributed by atoms with Crippen molar-refractivity contribution in [3.05, 3.63) is 11.6 Å². The van der Waals surface area contributed by atoms with E-state index in [1.165, 1.54) is 6.42 Å². The molecule has 14 heavy (non-hydrogen) atoms. The fraction of sp³-hybridized carbons (Fsp3) is 0.833. The average molecular weight is 197 g/mol. The van der Waals surface area contributed by atoms with Gasteiger partial charge in [-0.15, -0.1) is 0 Å². The third-order valence-corrected chi connectivity index (χ3v) is 3.71. The lowest BCUT2D eigenvalue weighted by Crippen LogP contribution is -2.42. The number of allylic oxidation sites excluding steroid dienone is 2. The highest BCUT2D eigenvalue weighted by atomic mass is 16.3. The Hall–Kier alpha value is -0.340. The normalized spacial score (nSPS) is 35.4. The maximum absolute atomic E-state index is 9.59. The third-order valence-electron chi connectivity index (χ3n) is 3.71. The van der Waals surface area contributed by atoms with Gasteiger partial charge in [-0.1, -0.05) is 25.5 Å². The summed E-state index contributed by atoms with van der Waals surface area (Å²) in [5.74, 6) is 0.165. The first-order valence-corrected chi connectivity index (χ1v) is 5.46. The fourth-order valence-corrected chi connectivity index (χ4v) is 1.90. The zero-order valence-electron chi connectivity index (χ0n) is 9.80. The van der Waals surface area contributed by atoms with Crippen LogP contribution in [0.15, 0.2) is 11.6 Å². The van der Waals surface area contributed by atoms with Gasteiger partial charge in [0.15, 0.2) is 0 Å². The number of rotatable bonds is 4. The van der Waals surface area contributed by atoms with E-state index in [0.29, 0.717) is 5.41 Å². The fourth-order valence-electron chi connectivity index (χ4n) is 1.90. The summed E-state index contributed by atoms with van der Waals surface area (Å²) in [7, 11) is 0. The van der Waals surface area contributed by atoms with Crippen molar-refractivity contribution in [1.82, 2.24) is 0 Å². The van der Waals surface area contributed by atoms with Gasteiger partial charge in [-0.3, -0.25) is 0 Å². The molecule has 82 valence electrons. The molecule has 3 atom stereocenters. The number of hydrogen-bond donors (Lipinski definition) is 2. The van der Waals surface area contributed by atoms with Gasteiger partial charge in [0, 0.05) is 0 Å². The van der Waals surface area contributed by atoms with E-state index >= 15 is 0 Å². The first kappa shape index (κ1) is 11.7. The van der Waals surface area contributed by atoms with Crippen LogP contribution in [0, 0.1) is 11.3 Å². The Morgan fingerprint density at radius 3 is 2.64 bits per heavy atom. The monoisotopic (exact) mass is 197 g/mol. The van der Waals surface area contributed by atoms with Gasteiger partial charge >= 0.3 is 0 Å². The lowest BCUT2D eigenvalue weighted by Gasteiger charge is -2.26. The molecule has 0 aromatic heterocycles. The Bertz CT molecular complexity index is 239. The molecule has 0 saturated heterocycles. The van der Waals surface area contributed by atoms with Crippen LogP contribution in [-0.4, -0.2) is 10.8 Å². The molecule has 1 aliphatic carbocycles. The minimum atomic E-state index is -1.03. The summed E-state index contributed by atoms with van der Waals surface area (Å²) in [6.45, 7) is 8.09. The van der Waals surface area contributed by atoms with E-state index in [1.54, 1.807) is 12.5 Å². The van der Waals surface area contributed by atoms with Crippen molar-refractivity contribution in [2.45, 2.75) is 52.7 Å². The summed E-state index contributed by atoms with van der Waals surface area (Å²) in [5.41, 5.74) is 6.58. The van der Waals surface area contributed by atoms with E-state index in [4.69, 9.17) is 5.73 Å². The van der Waals surface area contributed by atoms with Crippen LogP contribution >= 0.6 is 0 Å². The molecule has 1 aliphatic rings. The van der Waals surface area contributed by atoms with Gasteiger partial charge in [-0.2, -0.15) is 0 Å². The molecular weight excluding hydrogens is 174 g/mol. The zero-order valence-corrected chi connectivity index (χ0v) is 9.80. The van der Waals surface area contributed by atoms with Crippen LogP contribution in [0.1, 0.15) is 47.0 Å². The highest BCUT2D eigenvalue weighted by Crippen LogP contribution is 2.55. The summed E-state index contributed by atoms with van der Waals surface area (Å²) in [6, 6.07) is 0. The molecule has 0 aromatic rings. The molecule has 0 heterocycles. The van der Waals surface area contributed by atoms with E-state index in [9.17, 15) is 5.11 Å². The Kier molecular flexibility index (Phi) is 3.07. The molecule has 0 aromatic carbocycles. The number of nitrogens with two attached hydrogens (primary N) is 1. The molecule has 1 fully saturated rings. The van der Waals surface area contributed by atoms with Gasteiger partial charge in [0.1, 0.15) is 5.72 Å². The Morgan fingerprint density at radius 1 is 1.71 bits per heavy atom. The minimum Gasteiger partial charge on any atom is -0.376 e. The summed E-state index contributed by atoms with van der Waals surface area (Å²) < 4.78 is 0. The third kappa shape index (κ3) is 2.58. The van der Waals surface area contributed by atoms with Crippen molar-refractivity contribution in [2.75, 3.05) is 0 Å². The van der Waals surface area contributed by atoms with Crippen LogP contribution < -0.4 is 5.73 Å². The van der Waals surface area contributed by atoms with Crippen molar-refractivity contribution in [3.8, 4) is 0 Å². The van der Waals surface area contributed by atoms with Crippen LogP contribution in [0.4, 0.5) is 0 Å². The lowest BCUT2D eigenvalue weighted by molar-refractivity contribution is 0.00673. The largest absolute Gasteiger partial charge is 0.376 e. The summed E-state index contributed by atoms with van der Waals surface area (Å²) >= 11 is 0. The van der Waals surface area contributed by atoms with Crippen LogP contribution in [0.3, 0.4) is 0 Å². The van der Waals surface area contributed by atoms with Crippen LogP contribution in [0.2, 0.25) is 0 Å². The first-order valence-electron chi connectivity index (χ1n) is 5.46.